The minimum atomic E-state index is -3.65. The second-order valence-corrected chi connectivity index (χ2v) is 11.2. The molecule has 1 aromatic heterocycles. The molecule has 0 bridgehead atoms. The van der Waals surface area contributed by atoms with Crippen molar-refractivity contribution < 1.29 is 26.7 Å². The summed E-state index contributed by atoms with van der Waals surface area (Å²) in [4.78, 5) is 19.6. The molecule has 2 saturated heterocycles. The number of ether oxygens (including phenoxy) is 1. The number of sulfone groups is 1. The van der Waals surface area contributed by atoms with E-state index in [1.807, 2.05) is 0 Å². The first-order chi connectivity index (χ1) is 15.5. The van der Waals surface area contributed by atoms with Gasteiger partial charge in [0, 0.05) is 56.0 Å². The lowest BCUT2D eigenvalue weighted by Gasteiger charge is -2.34. The van der Waals surface area contributed by atoms with Gasteiger partial charge in [-0.3, -0.25) is 4.79 Å². The van der Waals surface area contributed by atoms with Crippen LogP contribution in [-0.4, -0.2) is 79.3 Å². The molecule has 0 saturated carbocycles. The quantitative estimate of drug-likeness (QED) is 0.678. The summed E-state index contributed by atoms with van der Waals surface area (Å²) in [6, 6.07) is 6.67. The van der Waals surface area contributed by atoms with E-state index < -0.39 is 15.8 Å². The number of hydrogen-bond donors (Lipinski definition) is 1. The van der Waals surface area contributed by atoms with Crippen LogP contribution >= 0.6 is 0 Å². The summed E-state index contributed by atoms with van der Waals surface area (Å²) >= 11 is 0. The first kappa shape index (κ1) is 24.1. The highest BCUT2D eigenvalue weighted by molar-refractivity contribution is 7.91. The Morgan fingerprint density at radius 1 is 1.15 bits per heavy atom. The fraction of sp³-hybridized carbons (Fsp3) is 0.609. The molecule has 3 heterocycles. The van der Waals surface area contributed by atoms with Crippen molar-refractivity contribution in [3.05, 3.63) is 30.0 Å². The number of halogens is 2. The second kappa shape index (κ2) is 9.31. The molecule has 0 unspecified atom stereocenters. The number of benzene rings is 1. The zero-order valence-corrected chi connectivity index (χ0v) is 19.8. The van der Waals surface area contributed by atoms with E-state index >= 15 is 0 Å². The summed E-state index contributed by atoms with van der Waals surface area (Å²) in [5.41, 5.74) is 0.875. The number of rotatable bonds is 6. The standard InChI is InChI=1S/C23H31F2N3O4S/c1-16(2)27-9-5-18(6-10-27)32-15-33(30,31)19-3-4-20-17(13-19)14-21(26-20)22(29)28-11-7-23(24,25)8-12-28/h3-4,13-14,16,18,26H,5-12,15H2,1-2H3. The van der Waals surface area contributed by atoms with Crippen LogP contribution in [0.3, 0.4) is 0 Å². The average molecular weight is 484 g/mol. The summed E-state index contributed by atoms with van der Waals surface area (Å²) in [7, 11) is -3.65. The average Bonchev–Trinajstić information content (AvgIpc) is 3.21. The number of likely N-dealkylation sites (tertiary alicyclic amines) is 2. The smallest absolute Gasteiger partial charge is 0.270 e. The molecular weight excluding hydrogens is 452 g/mol. The fourth-order valence-electron chi connectivity index (χ4n) is 4.44. The van der Waals surface area contributed by atoms with E-state index in [0.717, 1.165) is 25.9 Å². The minimum absolute atomic E-state index is 0.00569. The SMILES string of the molecule is CC(C)N1CCC(OCS(=O)(=O)c2ccc3[nH]c(C(=O)N4CCC(F)(F)CC4)cc3c2)CC1. The zero-order valence-electron chi connectivity index (χ0n) is 19.0. The first-order valence-electron chi connectivity index (χ1n) is 11.4. The van der Waals surface area contributed by atoms with Gasteiger partial charge in [-0.05, 0) is 51.0 Å². The van der Waals surface area contributed by atoms with Crippen molar-refractivity contribution in [1.82, 2.24) is 14.8 Å². The number of amides is 1. The van der Waals surface area contributed by atoms with Gasteiger partial charge in [0.05, 0.1) is 11.0 Å². The Morgan fingerprint density at radius 3 is 2.45 bits per heavy atom. The number of aromatic amines is 1. The van der Waals surface area contributed by atoms with Gasteiger partial charge in [-0.15, -0.1) is 0 Å². The number of aromatic nitrogens is 1. The highest BCUT2D eigenvalue weighted by Crippen LogP contribution is 2.29. The fourth-order valence-corrected chi connectivity index (χ4v) is 5.53. The number of carbonyl (C=O) groups excluding carboxylic acids is 1. The van der Waals surface area contributed by atoms with Gasteiger partial charge in [0.25, 0.3) is 11.8 Å². The molecular formula is C23H31F2N3O4S. The maximum Gasteiger partial charge on any atom is 0.270 e. The number of piperidine rings is 2. The van der Waals surface area contributed by atoms with Crippen LogP contribution in [0, 0.1) is 0 Å². The molecule has 33 heavy (non-hydrogen) atoms. The predicted molar refractivity (Wildman–Crippen MR) is 121 cm³/mol. The van der Waals surface area contributed by atoms with Gasteiger partial charge < -0.3 is 19.5 Å². The van der Waals surface area contributed by atoms with Crippen molar-refractivity contribution in [2.75, 3.05) is 32.1 Å². The lowest BCUT2D eigenvalue weighted by molar-refractivity contribution is -0.0495. The summed E-state index contributed by atoms with van der Waals surface area (Å²) in [6.07, 6.45) is 0.832. The highest BCUT2D eigenvalue weighted by atomic mass is 32.2. The summed E-state index contributed by atoms with van der Waals surface area (Å²) in [6.45, 7) is 6.06. The third kappa shape index (κ3) is 5.55. The van der Waals surface area contributed by atoms with Gasteiger partial charge in [-0.2, -0.15) is 0 Å². The monoisotopic (exact) mass is 483 g/mol. The summed E-state index contributed by atoms with van der Waals surface area (Å²) in [5.74, 6) is -3.47. The van der Waals surface area contributed by atoms with E-state index in [0.29, 0.717) is 16.9 Å². The number of carbonyl (C=O) groups is 1. The third-order valence-corrected chi connectivity index (χ3v) is 8.05. The maximum absolute atomic E-state index is 13.4. The van der Waals surface area contributed by atoms with E-state index in [9.17, 15) is 22.0 Å². The lowest BCUT2D eigenvalue weighted by Crippen LogP contribution is -2.42. The maximum atomic E-state index is 13.4. The van der Waals surface area contributed by atoms with Crippen molar-refractivity contribution in [2.45, 2.75) is 62.5 Å². The molecule has 1 N–H and O–H groups in total. The van der Waals surface area contributed by atoms with Crippen molar-refractivity contribution in [1.29, 1.82) is 0 Å². The Kier molecular flexibility index (Phi) is 6.80. The van der Waals surface area contributed by atoms with Crippen LogP contribution in [0.15, 0.2) is 29.2 Å². The van der Waals surface area contributed by atoms with Gasteiger partial charge in [-0.1, -0.05) is 0 Å². The number of alkyl halides is 2. The topological polar surface area (TPSA) is 82.7 Å². The molecule has 7 nitrogen and oxygen atoms in total. The van der Waals surface area contributed by atoms with E-state index in [-0.39, 0.29) is 54.5 Å². The van der Waals surface area contributed by atoms with Crippen LogP contribution < -0.4 is 0 Å². The molecule has 10 heteroatoms. The molecule has 2 aromatic rings. The molecule has 0 atom stereocenters. The van der Waals surface area contributed by atoms with Crippen molar-refractivity contribution >= 4 is 26.6 Å². The largest absolute Gasteiger partial charge is 0.362 e. The van der Waals surface area contributed by atoms with E-state index in [2.05, 4.69) is 23.7 Å². The molecule has 2 aliphatic rings. The molecule has 0 aliphatic carbocycles. The number of hydrogen-bond acceptors (Lipinski definition) is 5. The van der Waals surface area contributed by atoms with Gasteiger partial charge in [-0.25, -0.2) is 17.2 Å². The summed E-state index contributed by atoms with van der Waals surface area (Å²) < 4.78 is 58.2. The Labute approximate surface area is 193 Å². The Morgan fingerprint density at radius 2 is 1.82 bits per heavy atom. The molecule has 2 aliphatic heterocycles. The van der Waals surface area contributed by atoms with Crippen LogP contribution in [0.25, 0.3) is 10.9 Å². The number of nitrogens with zero attached hydrogens (tertiary/aromatic N) is 2. The van der Waals surface area contributed by atoms with Gasteiger partial charge >= 0.3 is 0 Å². The van der Waals surface area contributed by atoms with Crippen molar-refractivity contribution in [2.24, 2.45) is 0 Å². The molecule has 0 spiro atoms. The molecule has 182 valence electrons. The summed E-state index contributed by atoms with van der Waals surface area (Å²) in [5, 5.41) is 0.576. The van der Waals surface area contributed by atoms with Gasteiger partial charge in [0.2, 0.25) is 9.84 Å². The van der Waals surface area contributed by atoms with Crippen molar-refractivity contribution in [3.63, 3.8) is 0 Å². The number of nitrogens with one attached hydrogen (secondary N) is 1. The number of fused-ring (bicyclic) bond motifs is 1. The first-order valence-corrected chi connectivity index (χ1v) is 13.1. The highest BCUT2D eigenvalue weighted by Gasteiger charge is 2.36. The van der Waals surface area contributed by atoms with Crippen LogP contribution in [0.2, 0.25) is 0 Å². The molecule has 4 rings (SSSR count). The van der Waals surface area contributed by atoms with Crippen LogP contribution in [-0.2, 0) is 14.6 Å². The van der Waals surface area contributed by atoms with E-state index in [1.54, 1.807) is 12.1 Å². The normalized spacial score (nSPS) is 20.6. The Bertz CT molecular complexity index is 1100. The third-order valence-electron chi connectivity index (χ3n) is 6.63. The Balaban J connectivity index is 1.41. The minimum Gasteiger partial charge on any atom is -0.362 e. The molecule has 1 amide bonds. The lowest BCUT2D eigenvalue weighted by atomic mass is 10.1. The number of H-pyrrole nitrogens is 1. The van der Waals surface area contributed by atoms with Crippen LogP contribution in [0.5, 0.6) is 0 Å². The Hall–Kier alpha value is -2.04. The van der Waals surface area contributed by atoms with E-state index in [4.69, 9.17) is 4.74 Å². The molecule has 1 aromatic carbocycles. The van der Waals surface area contributed by atoms with Crippen molar-refractivity contribution in [3.8, 4) is 0 Å². The second-order valence-electron chi connectivity index (χ2n) is 9.31. The van der Waals surface area contributed by atoms with Crippen LogP contribution in [0.1, 0.15) is 50.0 Å². The zero-order chi connectivity index (χ0) is 23.8. The predicted octanol–water partition coefficient (Wildman–Crippen LogP) is 3.66. The molecule has 2 fully saturated rings. The van der Waals surface area contributed by atoms with E-state index in [1.165, 1.54) is 17.0 Å². The molecule has 0 radical (unpaired) electrons. The van der Waals surface area contributed by atoms with Crippen LogP contribution in [0.4, 0.5) is 8.78 Å². The van der Waals surface area contributed by atoms with Gasteiger partial charge in [0.1, 0.15) is 5.69 Å². The van der Waals surface area contributed by atoms with Gasteiger partial charge in [0.15, 0.2) is 5.94 Å².